The molecule has 14 nitrogen and oxygen atoms in total. The number of esters is 4. The highest BCUT2D eigenvalue weighted by Crippen LogP contribution is 2.32. The van der Waals surface area contributed by atoms with E-state index in [0.29, 0.717) is 25.7 Å². The van der Waals surface area contributed by atoms with Crippen molar-refractivity contribution in [2.24, 2.45) is 0 Å². The van der Waals surface area contributed by atoms with Crippen LogP contribution in [0.2, 0.25) is 0 Å². The summed E-state index contributed by atoms with van der Waals surface area (Å²) >= 11 is 0. The number of hydrogen-bond donors (Lipinski definition) is 0. The molecule has 2 aromatic rings. The van der Waals surface area contributed by atoms with Crippen LogP contribution in [-0.4, -0.2) is 74.5 Å². The molecular weight excluding hydrogens is 656 g/mol. The van der Waals surface area contributed by atoms with Gasteiger partial charge in [-0.05, 0) is 74.2 Å². The molecule has 14 heteroatoms. The predicted molar refractivity (Wildman–Crippen MR) is 175 cm³/mol. The molecule has 2 aromatic carbocycles. The average molecular weight is 693 g/mol. The first-order chi connectivity index (χ1) is 24.1. The smallest absolute Gasteiger partial charge is 0.338 e. The van der Waals surface area contributed by atoms with Crippen molar-refractivity contribution in [3.8, 4) is 23.0 Å². The van der Waals surface area contributed by atoms with E-state index >= 15 is 0 Å². The number of carbonyl (C=O) groups excluding carboxylic acids is 6. The second-order valence-corrected chi connectivity index (χ2v) is 10.3. The van der Waals surface area contributed by atoms with Crippen molar-refractivity contribution in [1.82, 2.24) is 0 Å². The number of ether oxygens (including phenoxy) is 8. The summed E-state index contributed by atoms with van der Waals surface area (Å²) in [6.45, 7) is 11.7. The molecule has 1 aliphatic carbocycles. The fourth-order valence-corrected chi connectivity index (χ4v) is 4.28. The van der Waals surface area contributed by atoms with E-state index in [2.05, 4.69) is 26.3 Å². The van der Waals surface area contributed by atoms with Gasteiger partial charge in [-0.25, -0.2) is 19.2 Å². The van der Waals surface area contributed by atoms with Crippen molar-refractivity contribution in [1.29, 1.82) is 0 Å². The monoisotopic (exact) mass is 692 g/mol. The lowest BCUT2D eigenvalue weighted by Crippen LogP contribution is -2.29. The van der Waals surface area contributed by atoms with Crippen LogP contribution in [0.15, 0.2) is 87.0 Å². The maximum Gasteiger partial charge on any atom is 0.338 e. The standard InChI is InChI=1S/C36H36O14/c1-5-25(37)19-43-29-15-9-23(17-31(29)44-20-26(38)6-2)35(41)49-27-11-13-28(14-12-27)50-36(42)24-10-16-30(45-21-47-33(39)7-3)32(18-24)46-22-48-34(40)8-4/h5-10,15-18,27-28H,1-4,11-14,19-22H2. The first-order valence-corrected chi connectivity index (χ1v) is 15.2. The van der Waals surface area contributed by atoms with Gasteiger partial charge in [-0.15, -0.1) is 0 Å². The Kier molecular flexibility index (Phi) is 15.0. The first-order valence-electron chi connectivity index (χ1n) is 15.2. The van der Waals surface area contributed by atoms with Gasteiger partial charge in [-0.3, -0.25) is 9.59 Å². The zero-order valence-electron chi connectivity index (χ0n) is 27.1. The number of hydrogen-bond acceptors (Lipinski definition) is 14. The Bertz CT molecular complexity index is 1620. The molecule has 1 aliphatic rings. The van der Waals surface area contributed by atoms with Gasteiger partial charge < -0.3 is 37.9 Å². The molecule has 0 atom stereocenters. The van der Waals surface area contributed by atoms with Gasteiger partial charge in [0.15, 0.2) is 47.8 Å². The topological polar surface area (TPSA) is 176 Å². The summed E-state index contributed by atoms with van der Waals surface area (Å²) in [5.74, 6) is -3.25. The summed E-state index contributed by atoms with van der Waals surface area (Å²) in [7, 11) is 0. The third-order valence-electron chi connectivity index (χ3n) is 6.89. The van der Waals surface area contributed by atoms with Gasteiger partial charge in [0.1, 0.15) is 12.2 Å². The van der Waals surface area contributed by atoms with Crippen LogP contribution in [0.1, 0.15) is 46.4 Å². The molecular formula is C36H36O14. The van der Waals surface area contributed by atoms with Crippen LogP contribution in [0.5, 0.6) is 23.0 Å². The molecule has 0 N–H and O–H groups in total. The Labute approximate surface area is 287 Å². The zero-order chi connectivity index (χ0) is 36.5. The maximum absolute atomic E-state index is 13.0. The van der Waals surface area contributed by atoms with Crippen LogP contribution in [0.3, 0.4) is 0 Å². The summed E-state index contributed by atoms with van der Waals surface area (Å²) in [4.78, 5) is 72.0. The van der Waals surface area contributed by atoms with E-state index in [1.54, 1.807) is 0 Å². The van der Waals surface area contributed by atoms with Crippen molar-refractivity contribution >= 4 is 35.4 Å². The molecule has 50 heavy (non-hydrogen) atoms. The summed E-state index contributed by atoms with van der Waals surface area (Å²) in [5.41, 5.74) is 0.235. The maximum atomic E-state index is 13.0. The minimum atomic E-state index is -0.735. The zero-order valence-corrected chi connectivity index (χ0v) is 27.1. The third-order valence-corrected chi connectivity index (χ3v) is 6.89. The molecule has 0 amide bonds. The van der Waals surface area contributed by atoms with E-state index in [9.17, 15) is 28.8 Å². The molecule has 0 spiro atoms. The van der Waals surface area contributed by atoms with Gasteiger partial charge in [0, 0.05) is 12.2 Å². The Hall–Kier alpha value is -6.18. The summed E-state index contributed by atoms with van der Waals surface area (Å²) in [6, 6.07) is 8.36. The van der Waals surface area contributed by atoms with Crippen molar-refractivity contribution in [3.63, 3.8) is 0 Å². The Morgan fingerprint density at radius 2 is 0.920 bits per heavy atom. The first kappa shape index (κ1) is 38.3. The molecule has 0 heterocycles. The van der Waals surface area contributed by atoms with Gasteiger partial charge in [-0.2, -0.15) is 0 Å². The second kappa shape index (κ2) is 19.6. The minimum absolute atomic E-state index is 0.00675. The molecule has 0 unspecified atom stereocenters. The van der Waals surface area contributed by atoms with Crippen molar-refractivity contribution in [2.45, 2.75) is 37.9 Å². The van der Waals surface area contributed by atoms with Crippen LogP contribution >= 0.6 is 0 Å². The number of rotatable bonds is 20. The van der Waals surface area contributed by atoms with Gasteiger partial charge in [0.05, 0.1) is 11.1 Å². The van der Waals surface area contributed by atoms with Crippen LogP contribution in [0, 0.1) is 0 Å². The van der Waals surface area contributed by atoms with E-state index in [1.807, 2.05) is 0 Å². The van der Waals surface area contributed by atoms with Crippen LogP contribution in [0.4, 0.5) is 0 Å². The van der Waals surface area contributed by atoms with Crippen molar-refractivity contribution in [2.75, 3.05) is 26.8 Å². The highest BCUT2D eigenvalue weighted by atomic mass is 16.7. The lowest BCUT2D eigenvalue weighted by atomic mass is 9.95. The molecule has 0 aliphatic heterocycles. The number of carbonyl (C=O) groups is 6. The second-order valence-electron chi connectivity index (χ2n) is 10.3. The van der Waals surface area contributed by atoms with Crippen molar-refractivity contribution < 1.29 is 66.7 Å². The van der Waals surface area contributed by atoms with Crippen LogP contribution in [0.25, 0.3) is 0 Å². The van der Waals surface area contributed by atoms with Gasteiger partial charge >= 0.3 is 23.9 Å². The predicted octanol–water partition coefficient (Wildman–Crippen LogP) is 4.41. The van der Waals surface area contributed by atoms with Crippen LogP contribution in [-0.2, 0) is 38.1 Å². The Morgan fingerprint density at radius 1 is 0.540 bits per heavy atom. The molecule has 0 saturated heterocycles. The molecule has 0 radical (unpaired) electrons. The van der Waals surface area contributed by atoms with Gasteiger partial charge in [0.2, 0.25) is 13.6 Å². The molecule has 264 valence electrons. The Balaban J connectivity index is 1.59. The van der Waals surface area contributed by atoms with E-state index in [4.69, 9.17) is 37.9 Å². The van der Waals surface area contributed by atoms with E-state index < -0.39 is 55.5 Å². The molecule has 0 bridgehead atoms. The van der Waals surface area contributed by atoms with E-state index in [0.717, 1.165) is 24.3 Å². The summed E-state index contributed by atoms with van der Waals surface area (Å²) < 4.78 is 42.8. The number of ketones is 2. The fraction of sp³-hybridized carbons (Fsp3) is 0.278. The molecule has 1 saturated carbocycles. The van der Waals surface area contributed by atoms with Gasteiger partial charge in [0.25, 0.3) is 0 Å². The molecule has 0 aromatic heterocycles. The number of benzene rings is 2. The largest absolute Gasteiger partial charge is 0.482 e. The quantitative estimate of drug-likeness (QED) is 0.0825. The van der Waals surface area contributed by atoms with Crippen molar-refractivity contribution in [3.05, 3.63) is 98.1 Å². The highest BCUT2D eigenvalue weighted by Gasteiger charge is 2.28. The molecule has 1 fully saturated rings. The average Bonchev–Trinajstić information content (AvgIpc) is 3.13. The normalized spacial score (nSPS) is 14.8. The summed E-state index contributed by atoms with van der Waals surface area (Å²) in [6.07, 6.45) is 4.79. The SMILES string of the molecule is C=CC(=O)COc1ccc(C(=O)OC2CCC(OC(=O)c3ccc(OCOC(=O)C=C)c(OCOC(=O)C=C)c3)CC2)cc1OCC(=O)C=C. The van der Waals surface area contributed by atoms with Gasteiger partial charge in [-0.1, -0.05) is 26.3 Å². The highest BCUT2D eigenvalue weighted by molar-refractivity contribution is 5.92. The minimum Gasteiger partial charge on any atom is -0.482 e. The fourth-order valence-electron chi connectivity index (χ4n) is 4.28. The lowest BCUT2D eigenvalue weighted by molar-refractivity contribution is -0.146. The van der Waals surface area contributed by atoms with E-state index in [-0.39, 0.29) is 53.1 Å². The van der Waals surface area contributed by atoms with E-state index in [1.165, 1.54) is 36.4 Å². The molecule has 3 rings (SSSR count). The van der Waals surface area contributed by atoms with Crippen LogP contribution < -0.4 is 18.9 Å². The Morgan fingerprint density at radius 3 is 1.34 bits per heavy atom. The third kappa shape index (κ3) is 12.1. The lowest BCUT2D eigenvalue weighted by Gasteiger charge is -2.28. The summed E-state index contributed by atoms with van der Waals surface area (Å²) in [5, 5.41) is 0.